The van der Waals surface area contributed by atoms with E-state index in [9.17, 15) is 43.2 Å². The molecule has 0 aromatic carbocycles. The van der Waals surface area contributed by atoms with E-state index in [0.29, 0.717) is 0 Å². The zero-order chi connectivity index (χ0) is 20.1. The average molecular weight is 416 g/mol. The maximum Gasteiger partial charge on any atom is 0.480 e. The van der Waals surface area contributed by atoms with Crippen molar-refractivity contribution in [2.75, 3.05) is 0 Å². The third kappa shape index (κ3) is 7.15. The Hall–Kier alpha value is -1.41. The predicted molar refractivity (Wildman–Crippen MR) is 75.1 cm³/mol. The van der Waals surface area contributed by atoms with Gasteiger partial charge in [-0.15, -0.1) is 0 Å². The van der Waals surface area contributed by atoms with E-state index in [2.05, 4.69) is 37.3 Å². The van der Waals surface area contributed by atoms with Crippen LogP contribution < -0.4 is 4.98 Å². The minimum atomic E-state index is -6.72. The second-order valence-corrected chi connectivity index (χ2v) is 7.80. The standard InChI is InChI=1S/C9H13N.C2F6NO4S2/c1-3-8-5-9(4-2)7-10-6-8;3-1(4,5)14(10,11)9-15(12,13)2(6,7)8/h5-7H,3-4H2,1-2H3;/q;-1/p+1. The van der Waals surface area contributed by atoms with Crippen molar-refractivity contribution in [3.8, 4) is 0 Å². The first-order valence-corrected chi connectivity index (χ1v) is 9.31. The predicted octanol–water partition coefficient (Wildman–Crippen LogP) is 2.68. The van der Waals surface area contributed by atoms with Gasteiger partial charge in [0, 0.05) is 11.1 Å². The van der Waals surface area contributed by atoms with Gasteiger partial charge in [0.25, 0.3) is 0 Å². The number of nitrogens with one attached hydrogen (secondary N) is 1. The minimum absolute atomic E-state index is 0.778. The molecule has 0 atom stereocenters. The molecule has 1 rings (SSSR count). The summed E-state index contributed by atoms with van der Waals surface area (Å²) in [5.74, 6) is 0. The molecule has 146 valence electrons. The van der Waals surface area contributed by atoms with Gasteiger partial charge in [-0.2, -0.15) is 26.3 Å². The molecule has 1 aromatic rings. The number of aromatic amines is 1. The number of aryl methyl sites for hydroxylation is 2. The number of aromatic nitrogens is 1. The van der Waals surface area contributed by atoms with Gasteiger partial charge in [0.15, 0.2) is 32.4 Å². The third-order valence-electron chi connectivity index (χ3n) is 2.51. The molecular weight excluding hydrogens is 402 g/mol. The van der Waals surface area contributed by atoms with E-state index in [1.165, 1.54) is 11.1 Å². The quantitative estimate of drug-likeness (QED) is 0.705. The van der Waals surface area contributed by atoms with E-state index in [0.717, 1.165) is 17.0 Å². The number of sulfonamides is 2. The van der Waals surface area contributed by atoms with Gasteiger partial charge in [0.2, 0.25) is 0 Å². The zero-order valence-corrected chi connectivity index (χ0v) is 14.4. The van der Waals surface area contributed by atoms with E-state index >= 15 is 0 Å². The Labute approximate surface area is 140 Å². The van der Waals surface area contributed by atoms with Crippen LogP contribution in [0, 0.1) is 0 Å². The van der Waals surface area contributed by atoms with Crippen LogP contribution in [0.25, 0.3) is 4.13 Å². The lowest BCUT2D eigenvalue weighted by Crippen LogP contribution is -2.30. The molecule has 0 amide bonds. The second kappa shape index (κ2) is 8.31. The van der Waals surface area contributed by atoms with Crippen molar-refractivity contribution in [2.24, 2.45) is 0 Å². The van der Waals surface area contributed by atoms with Crippen molar-refractivity contribution in [3.63, 3.8) is 0 Å². The summed E-state index contributed by atoms with van der Waals surface area (Å²) in [5, 5.41) is 0. The number of rotatable bonds is 4. The number of H-pyrrole nitrogens is 1. The Kier molecular flexibility index (Phi) is 7.84. The molecule has 14 heteroatoms. The van der Waals surface area contributed by atoms with Crippen LogP contribution in [0.1, 0.15) is 25.0 Å². The Balaban J connectivity index is 0.000000496. The highest BCUT2D eigenvalue weighted by atomic mass is 32.3. The SMILES string of the molecule is CCc1c[nH+]cc(CC)c1.O=S(=O)([N-]S(=O)(=O)C(F)(F)F)C(F)(F)F. The molecule has 25 heavy (non-hydrogen) atoms. The average Bonchev–Trinajstić information content (AvgIpc) is 2.44. The molecule has 1 heterocycles. The number of nitrogens with zero attached hydrogens (tertiary/aromatic N) is 1. The summed E-state index contributed by atoms with van der Waals surface area (Å²) < 4.78 is 109. The molecule has 0 unspecified atom stereocenters. The van der Waals surface area contributed by atoms with E-state index in [4.69, 9.17) is 0 Å². The van der Waals surface area contributed by atoms with E-state index in [-0.39, 0.29) is 0 Å². The second-order valence-electron chi connectivity index (χ2n) is 4.37. The Morgan fingerprint density at radius 1 is 0.840 bits per heavy atom. The van der Waals surface area contributed by atoms with Crippen LogP contribution >= 0.6 is 0 Å². The summed E-state index contributed by atoms with van der Waals surface area (Å²) in [7, 11) is -13.4. The van der Waals surface area contributed by atoms with Crippen LogP contribution in [0.5, 0.6) is 0 Å². The maximum absolute atomic E-state index is 11.4. The van der Waals surface area contributed by atoms with E-state index < -0.39 is 31.1 Å². The minimum Gasteiger partial charge on any atom is -0.421 e. The number of hydrogen-bond acceptors (Lipinski definition) is 4. The van der Waals surface area contributed by atoms with Crippen molar-refractivity contribution in [1.29, 1.82) is 0 Å². The smallest absolute Gasteiger partial charge is 0.421 e. The molecular formula is C11H14F6N2O4S2. The summed E-state index contributed by atoms with van der Waals surface area (Å²) in [6, 6.07) is 2.25. The van der Waals surface area contributed by atoms with Crippen LogP contribution in [0.15, 0.2) is 18.5 Å². The summed E-state index contributed by atoms with van der Waals surface area (Å²) in [6.45, 7) is 4.34. The van der Waals surface area contributed by atoms with Gasteiger partial charge in [0.05, 0.1) is 0 Å². The molecule has 0 radical (unpaired) electrons. The monoisotopic (exact) mass is 416 g/mol. The van der Waals surface area contributed by atoms with Gasteiger partial charge in [-0.1, -0.05) is 13.8 Å². The van der Waals surface area contributed by atoms with Gasteiger partial charge in [-0.05, 0) is 18.9 Å². The number of hydrogen-bond donors (Lipinski definition) is 0. The van der Waals surface area contributed by atoms with Gasteiger partial charge < -0.3 is 4.13 Å². The molecule has 0 spiro atoms. The van der Waals surface area contributed by atoms with Gasteiger partial charge in [-0.3, -0.25) is 0 Å². The fourth-order valence-corrected chi connectivity index (χ4v) is 2.91. The fraction of sp³-hybridized carbons (Fsp3) is 0.545. The first-order valence-electron chi connectivity index (χ1n) is 6.43. The maximum atomic E-state index is 11.4. The molecule has 0 aliphatic heterocycles. The largest absolute Gasteiger partial charge is 0.480 e. The van der Waals surface area contributed by atoms with Crippen LogP contribution in [0.2, 0.25) is 0 Å². The molecule has 6 nitrogen and oxygen atoms in total. The molecule has 0 fully saturated rings. The van der Waals surface area contributed by atoms with Crippen molar-refractivity contribution in [1.82, 2.24) is 0 Å². The Bertz CT molecular complexity index is 711. The van der Waals surface area contributed by atoms with Crippen molar-refractivity contribution >= 4 is 20.0 Å². The van der Waals surface area contributed by atoms with Gasteiger partial charge >= 0.3 is 11.0 Å². The van der Waals surface area contributed by atoms with Crippen molar-refractivity contribution in [3.05, 3.63) is 33.7 Å². The van der Waals surface area contributed by atoms with Gasteiger partial charge in [-0.25, -0.2) is 21.8 Å². The lowest BCUT2D eigenvalue weighted by Gasteiger charge is -2.22. The summed E-state index contributed by atoms with van der Waals surface area (Å²) in [5.41, 5.74) is -9.63. The number of halogens is 6. The molecule has 0 aliphatic carbocycles. The van der Waals surface area contributed by atoms with Crippen molar-refractivity contribution in [2.45, 2.75) is 37.7 Å². The molecule has 0 bridgehead atoms. The first-order chi connectivity index (χ1) is 11.1. The Morgan fingerprint density at radius 3 is 1.40 bits per heavy atom. The molecule has 0 aliphatic rings. The highest BCUT2D eigenvalue weighted by Crippen LogP contribution is 2.36. The Morgan fingerprint density at radius 2 is 1.16 bits per heavy atom. The zero-order valence-electron chi connectivity index (χ0n) is 12.8. The third-order valence-corrected chi connectivity index (χ3v) is 5.25. The van der Waals surface area contributed by atoms with E-state index in [1.807, 2.05) is 0 Å². The lowest BCUT2D eigenvalue weighted by atomic mass is 10.1. The topological polar surface area (TPSA) is 96.5 Å². The molecule has 1 N–H and O–H groups in total. The summed E-state index contributed by atoms with van der Waals surface area (Å²) in [4.78, 5) is 3.13. The van der Waals surface area contributed by atoms with Crippen LogP contribution in [0.3, 0.4) is 0 Å². The fourth-order valence-electron chi connectivity index (χ4n) is 1.20. The number of alkyl halides is 6. The number of pyridine rings is 1. The van der Waals surface area contributed by atoms with E-state index in [1.54, 1.807) is 0 Å². The molecule has 0 saturated heterocycles. The van der Waals surface area contributed by atoms with Crippen molar-refractivity contribution < 1.29 is 48.2 Å². The van der Waals surface area contributed by atoms with Crippen LogP contribution in [-0.2, 0) is 32.9 Å². The molecule has 1 aromatic heterocycles. The first kappa shape index (κ1) is 23.6. The summed E-state index contributed by atoms with van der Waals surface area (Å²) in [6.07, 6.45) is 6.34. The van der Waals surface area contributed by atoms with Gasteiger partial charge in [0.1, 0.15) is 0 Å². The highest BCUT2D eigenvalue weighted by molar-refractivity contribution is 8.13. The normalized spacial score (nSPS) is 13.1. The highest BCUT2D eigenvalue weighted by Gasteiger charge is 2.46. The summed E-state index contributed by atoms with van der Waals surface area (Å²) >= 11 is 0. The molecule has 0 saturated carbocycles. The van der Waals surface area contributed by atoms with Crippen LogP contribution in [0.4, 0.5) is 26.3 Å². The lowest BCUT2D eigenvalue weighted by molar-refractivity contribution is -0.379. The van der Waals surface area contributed by atoms with Crippen LogP contribution in [-0.4, -0.2) is 27.9 Å².